The number of nitrogens with zero attached hydrogens (tertiary/aromatic N) is 2. The van der Waals surface area contributed by atoms with Gasteiger partial charge >= 0.3 is 0 Å². The van der Waals surface area contributed by atoms with E-state index in [-0.39, 0.29) is 5.91 Å². The molecule has 0 spiro atoms. The Bertz CT molecular complexity index is 885. The Hall–Kier alpha value is -2.24. The molecule has 2 heterocycles. The van der Waals surface area contributed by atoms with Crippen molar-refractivity contribution >= 4 is 11.6 Å². The van der Waals surface area contributed by atoms with Gasteiger partial charge in [-0.1, -0.05) is 25.1 Å². The average molecular weight is 397 g/mol. The van der Waals surface area contributed by atoms with E-state index >= 15 is 0 Å². The molecule has 4 rings (SSSR count). The van der Waals surface area contributed by atoms with Gasteiger partial charge in [0, 0.05) is 30.9 Å². The fourth-order valence-corrected chi connectivity index (χ4v) is 4.62. The van der Waals surface area contributed by atoms with Gasteiger partial charge in [0.1, 0.15) is 5.82 Å². The van der Waals surface area contributed by atoms with Crippen LogP contribution in [-0.2, 0) is 6.42 Å². The summed E-state index contributed by atoms with van der Waals surface area (Å²) in [7, 11) is 0. The molecule has 2 aromatic rings. The third-order valence-corrected chi connectivity index (χ3v) is 6.10. The van der Waals surface area contributed by atoms with Crippen LogP contribution in [0.25, 0.3) is 0 Å². The summed E-state index contributed by atoms with van der Waals surface area (Å²) in [5.74, 6) is 0.0986. The second-order valence-electron chi connectivity index (χ2n) is 8.48. The Balaban J connectivity index is 1.51. The number of rotatable bonds is 4. The highest BCUT2D eigenvalue weighted by Gasteiger charge is 2.25. The van der Waals surface area contributed by atoms with Crippen LogP contribution in [0.15, 0.2) is 42.5 Å². The van der Waals surface area contributed by atoms with Gasteiger partial charge in [-0.2, -0.15) is 0 Å². The zero-order valence-corrected chi connectivity index (χ0v) is 17.0. The first kappa shape index (κ1) is 20.0. The van der Waals surface area contributed by atoms with Gasteiger partial charge < -0.3 is 14.9 Å². The maximum absolute atomic E-state index is 13.5. The van der Waals surface area contributed by atoms with Crippen LogP contribution in [0.3, 0.4) is 0 Å². The fraction of sp³-hybridized carbons (Fsp3) is 0.458. The van der Waals surface area contributed by atoms with Gasteiger partial charge in [0.05, 0.1) is 6.10 Å². The van der Waals surface area contributed by atoms with Crippen LogP contribution < -0.4 is 4.90 Å². The second-order valence-corrected chi connectivity index (χ2v) is 8.48. The van der Waals surface area contributed by atoms with E-state index in [4.69, 9.17) is 0 Å². The highest BCUT2D eigenvalue weighted by Crippen LogP contribution is 2.31. The normalized spacial score (nSPS) is 20.9. The average Bonchev–Trinajstić information content (AvgIpc) is 2.72. The molecule has 0 radical (unpaired) electrons. The molecule has 2 aliphatic heterocycles. The first-order valence-corrected chi connectivity index (χ1v) is 10.6. The van der Waals surface area contributed by atoms with E-state index in [1.165, 1.54) is 25.0 Å². The minimum atomic E-state index is -0.528. The summed E-state index contributed by atoms with van der Waals surface area (Å²) in [6.07, 6.45) is 3.66. The van der Waals surface area contributed by atoms with E-state index in [2.05, 4.69) is 11.8 Å². The molecule has 0 aromatic heterocycles. The van der Waals surface area contributed by atoms with Gasteiger partial charge in [0.2, 0.25) is 0 Å². The number of hydrogen-bond donors (Lipinski definition) is 1. The van der Waals surface area contributed by atoms with Crippen LogP contribution in [-0.4, -0.2) is 42.1 Å². The highest BCUT2D eigenvalue weighted by molar-refractivity contribution is 6.06. The van der Waals surface area contributed by atoms with Crippen molar-refractivity contribution in [3.05, 3.63) is 65.0 Å². The van der Waals surface area contributed by atoms with E-state index in [1.54, 1.807) is 17.0 Å². The van der Waals surface area contributed by atoms with E-state index in [0.717, 1.165) is 42.7 Å². The number of aliphatic hydroxyl groups excluding tert-OH is 1. The van der Waals surface area contributed by atoms with Crippen molar-refractivity contribution in [2.75, 3.05) is 31.1 Å². The fourth-order valence-electron chi connectivity index (χ4n) is 4.62. The quantitative estimate of drug-likeness (QED) is 0.843. The zero-order chi connectivity index (χ0) is 20.4. The number of hydrogen-bond acceptors (Lipinski definition) is 3. The number of aryl methyl sites for hydroxylation is 1. The van der Waals surface area contributed by atoms with Gasteiger partial charge in [-0.25, -0.2) is 4.39 Å². The second kappa shape index (κ2) is 8.64. The number of piperidine rings is 1. The Morgan fingerprint density at radius 1 is 1.21 bits per heavy atom. The van der Waals surface area contributed by atoms with Gasteiger partial charge in [-0.3, -0.25) is 4.79 Å². The molecule has 5 heteroatoms. The molecule has 4 nitrogen and oxygen atoms in total. The topological polar surface area (TPSA) is 43.8 Å². The maximum Gasteiger partial charge on any atom is 0.258 e. The monoisotopic (exact) mass is 396 g/mol. The molecule has 0 aliphatic carbocycles. The first-order chi connectivity index (χ1) is 14.0. The van der Waals surface area contributed by atoms with Gasteiger partial charge in [-0.05, 0) is 73.5 Å². The number of β-amino-alcohol motifs (C(OH)–C–C–N with tert-alkyl or cyclic N) is 1. The lowest BCUT2D eigenvalue weighted by Gasteiger charge is -2.33. The molecule has 1 N–H and O–H groups in total. The molecule has 29 heavy (non-hydrogen) atoms. The minimum absolute atomic E-state index is 0.180. The van der Waals surface area contributed by atoms with Crippen molar-refractivity contribution < 1.29 is 14.3 Å². The molecule has 2 aliphatic rings. The number of amides is 1. The highest BCUT2D eigenvalue weighted by atomic mass is 19.1. The summed E-state index contributed by atoms with van der Waals surface area (Å²) >= 11 is 0. The summed E-state index contributed by atoms with van der Waals surface area (Å²) in [5, 5.41) is 10.8. The summed E-state index contributed by atoms with van der Waals surface area (Å²) in [6, 6.07) is 11.7. The first-order valence-electron chi connectivity index (χ1n) is 10.6. The Morgan fingerprint density at radius 3 is 2.86 bits per heavy atom. The molecule has 1 fully saturated rings. The summed E-state index contributed by atoms with van der Waals surface area (Å²) in [6.45, 7) is 5.62. The lowest BCUT2D eigenvalue weighted by atomic mass is 9.95. The van der Waals surface area contributed by atoms with Crippen molar-refractivity contribution in [1.82, 2.24) is 4.90 Å². The van der Waals surface area contributed by atoms with Crippen molar-refractivity contribution in [3.8, 4) is 0 Å². The maximum atomic E-state index is 13.5. The molecule has 154 valence electrons. The number of aliphatic hydroxyl groups is 1. The number of fused-ring (bicyclic) bond motifs is 1. The van der Waals surface area contributed by atoms with E-state index in [0.29, 0.717) is 24.6 Å². The van der Waals surface area contributed by atoms with Gasteiger partial charge in [-0.15, -0.1) is 0 Å². The molecule has 2 aromatic carbocycles. The number of halogens is 1. The lowest BCUT2D eigenvalue weighted by molar-refractivity contribution is 0.0875. The summed E-state index contributed by atoms with van der Waals surface area (Å²) in [5.41, 5.74) is 3.21. The SMILES string of the molecule is C[C@@H]1CCCN(C[C@H](O)c2ccc3c(c2)CCCN3C(=O)c2cccc(F)c2)C1. The third-order valence-electron chi connectivity index (χ3n) is 6.10. The molecule has 0 bridgehead atoms. The standard InChI is InChI=1S/C24H29FN2O2/c1-17-5-3-11-26(15-17)16-23(28)19-9-10-22-18(13-19)7-4-12-27(22)24(29)20-6-2-8-21(25)14-20/h2,6,8-10,13-14,17,23,28H,3-5,7,11-12,15-16H2,1H3/t17-,23+/m1/s1. The molecule has 1 saturated heterocycles. The van der Waals surface area contributed by atoms with Gasteiger partial charge in [0.25, 0.3) is 5.91 Å². The van der Waals surface area contributed by atoms with Crippen LogP contribution in [0.2, 0.25) is 0 Å². The van der Waals surface area contributed by atoms with Crippen molar-refractivity contribution in [2.45, 2.75) is 38.7 Å². The number of benzene rings is 2. The van der Waals surface area contributed by atoms with Gasteiger partial charge in [0.15, 0.2) is 0 Å². The number of carbonyl (C=O) groups excluding carboxylic acids is 1. The Morgan fingerprint density at radius 2 is 2.07 bits per heavy atom. The minimum Gasteiger partial charge on any atom is -0.387 e. The Labute approximate surface area is 171 Å². The summed E-state index contributed by atoms with van der Waals surface area (Å²) in [4.78, 5) is 17.0. The number of anilines is 1. The van der Waals surface area contributed by atoms with Crippen LogP contribution in [0.5, 0.6) is 0 Å². The number of likely N-dealkylation sites (tertiary alicyclic amines) is 1. The van der Waals surface area contributed by atoms with E-state index in [9.17, 15) is 14.3 Å². The van der Waals surface area contributed by atoms with Crippen LogP contribution in [0, 0.1) is 11.7 Å². The largest absolute Gasteiger partial charge is 0.387 e. The molecule has 0 saturated carbocycles. The van der Waals surface area contributed by atoms with E-state index in [1.807, 2.05) is 18.2 Å². The smallest absolute Gasteiger partial charge is 0.258 e. The molecular weight excluding hydrogens is 367 g/mol. The van der Waals surface area contributed by atoms with Crippen LogP contribution >= 0.6 is 0 Å². The van der Waals surface area contributed by atoms with Crippen molar-refractivity contribution in [3.63, 3.8) is 0 Å². The lowest BCUT2D eigenvalue weighted by Crippen LogP contribution is -2.37. The predicted molar refractivity (Wildman–Crippen MR) is 113 cm³/mol. The molecule has 2 atom stereocenters. The zero-order valence-electron chi connectivity index (χ0n) is 17.0. The van der Waals surface area contributed by atoms with E-state index < -0.39 is 11.9 Å². The summed E-state index contributed by atoms with van der Waals surface area (Å²) < 4.78 is 13.5. The van der Waals surface area contributed by atoms with Crippen molar-refractivity contribution in [2.24, 2.45) is 5.92 Å². The van der Waals surface area contributed by atoms with Crippen LogP contribution in [0.4, 0.5) is 10.1 Å². The molecular formula is C24H29FN2O2. The third kappa shape index (κ3) is 4.51. The predicted octanol–water partition coefficient (Wildman–Crippen LogP) is 4.18. The number of carbonyl (C=O) groups is 1. The molecule has 0 unspecified atom stereocenters. The van der Waals surface area contributed by atoms with Crippen molar-refractivity contribution in [1.29, 1.82) is 0 Å². The van der Waals surface area contributed by atoms with Crippen LogP contribution in [0.1, 0.15) is 53.8 Å². The Kier molecular flexibility index (Phi) is 5.97. The molecule has 1 amide bonds.